The SMILES string of the molecule is CC(=O)N(CCC(=O)N1CCCCC1)Cc1cccnc1. The van der Waals surface area contributed by atoms with E-state index in [1.54, 1.807) is 24.2 Å². The number of aromatic nitrogens is 1. The zero-order valence-corrected chi connectivity index (χ0v) is 12.6. The minimum absolute atomic E-state index is 0.00898. The Morgan fingerprint density at radius 1 is 1.29 bits per heavy atom. The van der Waals surface area contributed by atoms with Gasteiger partial charge in [-0.3, -0.25) is 14.6 Å². The lowest BCUT2D eigenvalue weighted by atomic mass is 10.1. The van der Waals surface area contributed by atoms with Crippen molar-refractivity contribution in [3.05, 3.63) is 30.1 Å². The van der Waals surface area contributed by atoms with Crippen molar-refractivity contribution in [2.75, 3.05) is 19.6 Å². The molecule has 1 saturated heterocycles. The van der Waals surface area contributed by atoms with Crippen molar-refractivity contribution in [2.45, 2.75) is 39.2 Å². The van der Waals surface area contributed by atoms with Crippen LogP contribution in [0.4, 0.5) is 0 Å². The van der Waals surface area contributed by atoms with E-state index in [0.717, 1.165) is 31.5 Å². The Morgan fingerprint density at radius 3 is 2.67 bits per heavy atom. The number of hydrogen-bond acceptors (Lipinski definition) is 3. The first kappa shape index (κ1) is 15.5. The van der Waals surface area contributed by atoms with Crippen LogP contribution in [-0.4, -0.2) is 46.2 Å². The highest BCUT2D eigenvalue weighted by molar-refractivity contribution is 5.78. The molecule has 1 aliphatic heterocycles. The van der Waals surface area contributed by atoms with Crippen LogP contribution in [0.3, 0.4) is 0 Å². The van der Waals surface area contributed by atoms with E-state index >= 15 is 0 Å². The van der Waals surface area contributed by atoms with Gasteiger partial charge in [-0.25, -0.2) is 0 Å². The number of carbonyl (C=O) groups excluding carboxylic acids is 2. The standard InChI is InChI=1S/C16H23N3O2/c1-14(20)19(13-15-6-5-8-17-12-15)11-7-16(21)18-9-3-2-4-10-18/h5-6,8,12H,2-4,7,9-11,13H2,1H3. The number of amides is 2. The van der Waals surface area contributed by atoms with Gasteiger partial charge >= 0.3 is 0 Å². The van der Waals surface area contributed by atoms with E-state index in [9.17, 15) is 9.59 Å². The second-order valence-corrected chi connectivity index (χ2v) is 5.49. The number of carbonyl (C=O) groups is 2. The molecule has 114 valence electrons. The summed E-state index contributed by atoms with van der Waals surface area (Å²) < 4.78 is 0. The minimum atomic E-state index is -0.00898. The van der Waals surface area contributed by atoms with Crippen molar-refractivity contribution >= 4 is 11.8 Å². The van der Waals surface area contributed by atoms with E-state index in [4.69, 9.17) is 0 Å². The summed E-state index contributed by atoms with van der Waals surface area (Å²) in [5.74, 6) is 0.150. The first-order valence-corrected chi connectivity index (χ1v) is 7.59. The van der Waals surface area contributed by atoms with E-state index < -0.39 is 0 Å². The summed E-state index contributed by atoms with van der Waals surface area (Å²) in [6.45, 7) is 4.25. The average molecular weight is 289 g/mol. The summed E-state index contributed by atoms with van der Waals surface area (Å²) in [7, 11) is 0. The third-order valence-electron chi connectivity index (χ3n) is 3.85. The maximum atomic E-state index is 12.2. The van der Waals surface area contributed by atoms with Gasteiger partial charge in [0.1, 0.15) is 0 Å². The first-order valence-electron chi connectivity index (χ1n) is 7.59. The Labute approximate surface area is 126 Å². The number of piperidine rings is 1. The smallest absolute Gasteiger partial charge is 0.224 e. The molecule has 1 aliphatic rings. The summed E-state index contributed by atoms with van der Waals surface area (Å²) in [5, 5.41) is 0. The molecule has 5 heteroatoms. The Morgan fingerprint density at radius 2 is 2.05 bits per heavy atom. The minimum Gasteiger partial charge on any atom is -0.343 e. The van der Waals surface area contributed by atoms with Crippen LogP contribution in [0.1, 0.15) is 38.2 Å². The Kier molecular flexibility index (Phi) is 5.72. The zero-order chi connectivity index (χ0) is 15.1. The van der Waals surface area contributed by atoms with E-state index in [1.165, 1.54) is 6.42 Å². The van der Waals surface area contributed by atoms with Gasteiger partial charge in [0.15, 0.2) is 0 Å². The fourth-order valence-corrected chi connectivity index (χ4v) is 2.59. The number of likely N-dealkylation sites (tertiary alicyclic amines) is 1. The number of rotatable bonds is 5. The molecule has 0 bridgehead atoms. The molecular formula is C16H23N3O2. The Balaban J connectivity index is 1.85. The van der Waals surface area contributed by atoms with Crippen LogP contribution in [0.5, 0.6) is 0 Å². The highest BCUT2D eigenvalue weighted by Crippen LogP contribution is 2.11. The molecular weight excluding hydrogens is 266 g/mol. The van der Waals surface area contributed by atoms with Gasteiger partial charge in [-0.05, 0) is 30.9 Å². The van der Waals surface area contributed by atoms with Crippen LogP contribution in [-0.2, 0) is 16.1 Å². The Hall–Kier alpha value is -1.91. The zero-order valence-electron chi connectivity index (χ0n) is 12.6. The molecule has 0 unspecified atom stereocenters. The van der Waals surface area contributed by atoms with Crippen molar-refractivity contribution in [3.8, 4) is 0 Å². The second-order valence-electron chi connectivity index (χ2n) is 5.49. The van der Waals surface area contributed by atoms with E-state index in [2.05, 4.69) is 4.98 Å². The molecule has 0 radical (unpaired) electrons. The van der Waals surface area contributed by atoms with Crippen LogP contribution in [0.15, 0.2) is 24.5 Å². The van der Waals surface area contributed by atoms with Crippen molar-refractivity contribution in [1.29, 1.82) is 0 Å². The van der Waals surface area contributed by atoms with Gasteiger partial charge in [-0.15, -0.1) is 0 Å². The topological polar surface area (TPSA) is 53.5 Å². The molecule has 0 aromatic carbocycles. The molecule has 0 N–H and O–H groups in total. The molecule has 1 aromatic rings. The lowest BCUT2D eigenvalue weighted by Gasteiger charge is -2.28. The third kappa shape index (κ3) is 4.85. The van der Waals surface area contributed by atoms with Crippen LogP contribution in [0, 0.1) is 0 Å². The fraction of sp³-hybridized carbons (Fsp3) is 0.562. The predicted octanol–water partition coefficient (Wildman–Crippen LogP) is 1.83. The molecule has 0 saturated carbocycles. The summed E-state index contributed by atoms with van der Waals surface area (Å²) in [5.41, 5.74) is 0.984. The molecule has 0 atom stereocenters. The molecule has 1 fully saturated rings. The highest BCUT2D eigenvalue weighted by atomic mass is 16.2. The molecule has 1 aromatic heterocycles. The summed E-state index contributed by atoms with van der Waals surface area (Å²) in [6, 6.07) is 3.79. The summed E-state index contributed by atoms with van der Waals surface area (Å²) >= 11 is 0. The van der Waals surface area contributed by atoms with Crippen molar-refractivity contribution in [2.24, 2.45) is 0 Å². The lowest BCUT2D eigenvalue weighted by molar-refractivity contribution is -0.134. The molecule has 0 aliphatic carbocycles. The first-order chi connectivity index (χ1) is 10.2. The lowest BCUT2D eigenvalue weighted by Crippen LogP contribution is -2.38. The predicted molar refractivity (Wildman–Crippen MR) is 80.4 cm³/mol. The number of pyridine rings is 1. The van der Waals surface area contributed by atoms with Gasteiger partial charge < -0.3 is 9.80 Å². The van der Waals surface area contributed by atoms with Gasteiger partial charge in [-0.1, -0.05) is 6.07 Å². The van der Waals surface area contributed by atoms with Gasteiger partial charge in [0.25, 0.3) is 0 Å². The van der Waals surface area contributed by atoms with Crippen LogP contribution in [0.2, 0.25) is 0 Å². The third-order valence-corrected chi connectivity index (χ3v) is 3.85. The van der Waals surface area contributed by atoms with Gasteiger partial charge in [0.05, 0.1) is 0 Å². The second kappa shape index (κ2) is 7.76. The van der Waals surface area contributed by atoms with Crippen LogP contribution < -0.4 is 0 Å². The van der Waals surface area contributed by atoms with Crippen LogP contribution in [0.25, 0.3) is 0 Å². The van der Waals surface area contributed by atoms with E-state index in [1.807, 2.05) is 17.0 Å². The van der Waals surface area contributed by atoms with Crippen molar-refractivity contribution in [1.82, 2.24) is 14.8 Å². The largest absolute Gasteiger partial charge is 0.343 e. The van der Waals surface area contributed by atoms with Gasteiger partial charge in [0, 0.05) is 51.9 Å². The quantitative estimate of drug-likeness (QED) is 0.831. The maximum Gasteiger partial charge on any atom is 0.224 e. The van der Waals surface area contributed by atoms with E-state index in [-0.39, 0.29) is 11.8 Å². The van der Waals surface area contributed by atoms with Crippen LogP contribution >= 0.6 is 0 Å². The summed E-state index contributed by atoms with van der Waals surface area (Å²) in [6.07, 6.45) is 7.27. The van der Waals surface area contributed by atoms with Crippen molar-refractivity contribution in [3.63, 3.8) is 0 Å². The molecule has 5 nitrogen and oxygen atoms in total. The highest BCUT2D eigenvalue weighted by Gasteiger charge is 2.18. The maximum absolute atomic E-state index is 12.2. The normalized spacial score (nSPS) is 14.8. The molecule has 2 heterocycles. The summed E-state index contributed by atoms with van der Waals surface area (Å²) in [4.78, 5) is 31.6. The average Bonchev–Trinajstić information content (AvgIpc) is 2.52. The monoisotopic (exact) mass is 289 g/mol. The van der Waals surface area contributed by atoms with Gasteiger partial charge in [0.2, 0.25) is 11.8 Å². The van der Waals surface area contributed by atoms with Gasteiger partial charge in [-0.2, -0.15) is 0 Å². The number of hydrogen-bond donors (Lipinski definition) is 0. The number of nitrogens with zero attached hydrogens (tertiary/aromatic N) is 3. The Bertz CT molecular complexity index is 470. The van der Waals surface area contributed by atoms with E-state index in [0.29, 0.717) is 19.5 Å². The molecule has 0 spiro atoms. The fourth-order valence-electron chi connectivity index (χ4n) is 2.59. The molecule has 21 heavy (non-hydrogen) atoms. The molecule has 2 amide bonds. The van der Waals surface area contributed by atoms with Crippen molar-refractivity contribution < 1.29 is 9.59 Å². The molecule has 2 rings (SSSR count).